The quantitative estimate of drug-likeness (QED) is 0.709. The Bertz CT molecular complexity index is 542. The van der Waals surface area contributed by atoms with Crippen molar-refractivity contribution in [2.75, 3.05) is 13.1 Å². The smallest absolute Gasteiger partial charge is 0.251 e. The molecule has 1 amide bonds. The van der Waals surface area contributed by atoms with Crippen molar-refractivity contribution >= 4 is 16.8 Å². The molecule has 0 spiro atoms. The Balaban J connectivity index is 1.79. The molecule has 17 heavy (non-hydrogen) atoms. The average molecular weight is 230 g/mol. The molecule has 1 fully saturated rings. The summed E-state index contributed by atoms with van der Waals surface area (Å²) >= 11 is 0. The van der Waals surface area contributed by atoms with Gasteiger partial charge in [-0.05, 0) is 31.2 Å². The van der Waals surface area contributed by atoms with Crippen molar-refractivity contribution in [3.05, 3.63) is 30.0 Å². The third kappa shape index (κ3) is 2.01. The molecular weight excluding hydrogens is 216 g/mol. The first-order valence-electron chi connectivity index (χ1n) is 5.77. The van der Waals surface area contributed by atoms with Crippen molar-refractivity contribution in [2.24, 2.45) is 0 Å². The lowest BCUT2D eigenvalue weighted by Crippen LogP contribution is -2.36. The Morgan fingerprint density at radius 3 is 3.24 bits per heavy atom. The first kappa shape index (κ1) is 10.3. The summed E-state index contributed by atoms with van der Waals surface area (Å²) in [5.74, 6) is -0.0122. The molecule has 1 unspecified atom stereocenters. The number of aromatic amines is 1. The SMILES string of the molecule is O=C(NC1CCNC1)c1ccc2[nH]ncc2c1. The molecule has 1 aliphatic heterocycles. The molecule has 88 valence electrons. The van der Waals surface area contributed by atoms with Crippen LogP contribution in [0.5, 0.6) is 0 Å². The van der Waals surface area contributed by atoms with Gasteiger partial charge in [0, 0.05) is 23.5 Å². The molecule has 5 heteroatoms. The maximum Gasteiger partial charge on any atom is 0.251 e. The number of hydrogen-bond acceptors (Lipinski definition) is 3. The Kier molecular flexibility index (Phi) is 2.53. The lowest BCUT2D eigenvalue weighted by Gasteiger charge is -2.11. The van der Waals surface area contributed by atoms with Crippen molar-refractivity contribution in [3.8, 4) is 0 Å². The van der Waals surface area contributed by atoms with Crippen molar-refractivity contribution in [2.45, 2.75) is 12.5 Å². The third-order valence-corrected chi connectivity index (χ3v) is 3.10. The second-order valence-electron chi connectivity index (χ2n) is 4.34. The van der Waals surface area contributed by atoms with Crippen LogP contribution in [0.4, 0.5) is 0 Å². The monoisotopic (exact) mass is 230 g/mol. The summed E-state index contributed by atoms with van der Waals surface area (Å²) in [6.07, 6.45) is 2.73. The van der Waals surface area contributed by atoms with Gasteiger partial charge in [0.2, 0.25) is 0 Å². The van der Waals surface area contributed by atoms with Gasteiger partial charge in [-0.25, -0.2) is 0 Å². The van der Waals surface area contributed by atoms with Gasteiger partial charge in [-0.15, -0.1) is 0 Å². The topological polar surface area (TPSA) is 69.8 Å². The molecule has 1 saturated heterocycles. The van der Waals surface area contributed by atoms with E-state index in [0.717, 1.165) is 30.4 Å². The molecular formula is C12H14N4O. The summed E-state index contributed by atoms with van der Waals surface area (Å²) in [6, 6.07) is 5.81. The molecule has 0 bridgehead atoms. The van der Waals surface area contributed by atoms with Gasteiger partial charge in [0.1, 0.15) is 0 Å². The number of rotatable bonds is 2. The first-order chi connectivity index (χ1) is 8.33. The highest BCUT2D eigenvalue weighted by atomic mass is 16.1. The lowest BCUT2D eigenvalue weighted by atomic mass is 10.1. The van der Waals surface area contributed by atoms with Gasteiger partial charge < -0.3 is 10.6 Å². The average Bonchev–Trinajstić information content (AvgIpc) is 2.97. The summed E-state index contributed by atoms with van der Waals surface area (Å²) < 4.78 is 0. The van der Waals surface area contributed by atoms with Crippen LogP contribution in [-0.2, 0) is 0 Å². The Hall–Kier alpha value is -1.88. The van der Waals surface area contributed by atoms with Crippen LogP contribution < -0.4 is 10.6 Å². The van der Waals surface area contributed by atoms with Gasteiger partial charge in [0.15, 0.2) is 0 Å². The number of benzene rings is 1. The van der Waals surface area contributed by atoms with Crippen LogP contribution in [0.2, 0.25) is 0 Å². The van der Waals surface area contributed by atoms with Gasteiger partial charge in [-0.1, -0.05) is 0 Å². The zero-order chi connectivity index (χ0) is 11.7. The van der Waals surface area contributed by atoms with Crippen molar-refractivity contribution in [1.29, 1.82) is 0 Å². The minimum Gasteiger partial charge on any atom is -0.348 e. The van der Waals surface area contributed by atoms with Crippen LogP contribution in [-0.4, -0.2) is 35.2 Å². The maximum atomic E-state index is 12.0. The fourth-order valence-corrected chi connectivity index (χ4v) is 2.13. The number of fused-ring (bicyclic) bond motifs is 1. The normalized spacial score (nSPS) is 19.6. The third-order valence-electron chi connectivity index (χ3n) is 3.10. The number of nitrogens with one attached hydrogen (secondary N) is 3. The van der Waals surface area contributed by atoms with E-state index in [1.54, 1.807) is 6.20 Å². The van der Waals surface area contributed by atoms with Crippen LogP contribution in [0, 0.1) is 0 Å². The summed E-state index contributed by atoms with van der Waals surface area (Å²) in [4.78, 5) is 12.0. The van der Waals surface area contributed by atoms with E-state index in [2.05, 4.69) is 20.8 Å². The Labute approximate surface area is 98.6 Å². The van der Waals surface area contributed by atoms with E-state index >= 15 is 0 Å². The van der Waals surface area contributed by atoms with E-state index < -0.39 is 0 Å². The second kappa shape index (κ2) is 4.18. The summed E-state index contributed by atoms with van der Waals surface area (Å²) in [7, 11) is 0. The molecule has 0 saturated carbocycles. The molecule has 1 aliphatic rings. The number of carbonyl (C=O) groups is 1. The largest absolute Gasteiger partial charge is 0.348 e. The van der Waals surface area contributed by atoms with Crippen LogP contribution in [0.1, 0.15) is 16.8 Å². The highest BCUT2D eigenvalue weighted by Crippen LogP contribution is 2.13. The van der Waals surface area contributed by atoms with Crippen LogP contribution in [0.3, 0.4) is 0 Å². The van der Waals surface area contributed by atoms with Gasteiger partial charge in [0.25, 0.3) is 5.91 Å². The molecule has 0 aliphatic carbocycles. The van der Waals surface area contributed by atoms with Gasteiger partial charge in [0.05, 0.1) is 11.7 Å². The highest BCUT2D eigenvalue weighted by Gasteiger charge is 2.17. The van der Waals surface area contributed by atoms with Crippen molar-refractivity contribution in [1.82, 2.24) is 20.8 Å². The van der Waals surface area contributed by atoms with E-state index in [4.69, 9.17) is 0 Å². The Morgan fingerprint density at radius 1 is 1.47 bits per heavy atom. The molecule has 3 N–H and O–H groups in total. The zero-order valence-corrected chi connectivity index (χ0v) is 9.36. The second-order valence-corrected chi connectivity index (χ2v) is 4.34. The van der Waals surface area contributed by atoms with Crippen LogP contribution >= 0.6 is 0 Å². The van der Waals surface area contributed by atoms with Crippen LogP contribution in [0.15, 0.2) is 24.4 Å². The number of nitrogens with zero attached hydrogens (tertiary/aromatic N) is 1. The minimum atomic E-state index is -0.0122. The van der Waals surface area contributed by atoms with Crippen molar-refractivity contribution < 1.29 is 4.79 Å². The lowest BCUT2D eigenvalue weighted by molar-refractivity contribution is 0.0940. The number of amides is 1. The minimum absolute atomic E-state index is 0.0122. The summed E-state index contributed by atoms with van der Waals surface area (Å²) in [5.41, 5.74) is 1.63. The van der Waals surface area contributed by atoms with Gasteiger partial charge in [-0.3, -0.25) is 9.89 Å². The standard InChI is InChI=1S/C12H14N4O/c17-12(15-10-3-4-13-7-10)8-1-2-11-9(5-8)6-14-16-11/h1-2,5-6,10,13H,3-4,7H2,(H,14,16)(H,15,17). The molecule has 2 heterocycles. The zero-order valence-electron chi connectivity index (χ0n) is 9.36. The predicted molar refractivity (Wildman–Crippen MR) is 64.8 cm³/mol. The molecule has 2 aromatic rings. The molecule has 0 radical (unpaired) electrons. The molecule has 3 rings (SSSR count). The van der Waals surface area contributed by atoms with Crippen molar-refractivity contribution in [3.63, 3.8) is 0 Å². The number of hydrogen-bond donors (Lipinski definition) is 3. The molecule has 5 nitrogen and oxygen atoms in total. The van der Waals surface area contributed by atoms with Crippen LogP contribution in [0.25, 0.3) is 10.9 Å². The summed E-state index contributed by atoms with van der Waals surface area (Å²) in [6.45, 7) is 1.84. The predicted octanol–water partition coefficient (Wildman–Crippen LogP) is 0.655. The number of carbonyl (C=O) groups excluding carboxylic acids is 1. The highest BCUT2D eigenvalue weighted by molar-refractivity contribution is 5.98. The molecule has 1 atom stereocenters. The van der Waals surface area contributed by atoms with E-state index in [1.165, 1.54) is 0 Å². The number of H-pyrrole nitrogens is 1. The fourth-order valence-electron chi connectivity index (χ4n) is 2.13. The van der Waals surface area contributed by atoms with Gasteiger partial charge in [-0.2, -0.15) is 5.10 Å². The molecule has 1 aromatic heterocycles. The van der Waals surface area contributed by atoms with E-state index in [1.807, 2.05) is 18.2 Å². The molecule has 1 aromatic carbocycles. The maximum absolute atomic E-state index is 12.0. The summed E-state index contributed by atoms with van der Waals surface area (Å²) in [5, 5.41) is 14.0. The van der Waals surface area contributed by atoms with E-state index in [0.29, 0.717) is 5.56 Å². The first-order valence-corrected chi connectivity index (χ1v) is 5.77. The van der Waals surface area contributed by atoms with E-state index in [9.17, 15) is 4.79 Å². The fraction of sp³-hybridized carbons (Fsp3) is 0.333. The number of aromatic nitrogens is 2. The van der Waals surface area contributed by atoms with E-state index in [-0.39, 0.29) is 11.9 Å². The van der Waals surface area contributed by atoms with Gasteiger partial charge >= 0.3 is 0 Å². The Morgan fingerprint density at radius 2 is 2.41 bits per heavy atom.